The Kier molecular flexibility index (Phi) is 6.29. The Hall–Kier alpha value is -2.21. The lowest BCUT2D eigenvalue weighted by Crippen LogP contribution is -2.29. The first-order valence-corrected chi connectivity index (χ1v) is 8.06. The van der Waals surface area contributed by atoms with E-state index in [0.717, 1.165) is 12.1 Å². The molecule has 2 aromatic carbocycles. The Bertz CT molecular complexity index is 662. The van der Waals surface area contributed by atoms with Crippen molar-refractivity contribution in [2.24, 2.45) is 0 Å². The van der Waals surface area contributed by atoms with Gasteiger partial charge in [-0.15, -0.1) is 0 Å². The molecule has 0 saturated heterocycles. The molecule has 0 aromatic heterocycles. The summed E-state index contributed by atoms with van der Waals surface area (Å²) in [5.74, 6) is 0.842. The zero-order valence-corrected chi connectivity index (χ0v) is 14.6. The minimum atomic E-state index is -0.269. The van der Waals surface area contributed by atoms with Gasteiger partial charge in [-0.05, 0) is 46.6 Å². The van der Waals surface area contributed by atoms with Crippen molar-refractivity contribution in [3.05, 3.63) is 52.5 Å². The van der Waals surface area contributed by atoms with Crippen LogP contribution in [0.1, 0.15) is 23.7 Å². The highest BCUT2D eigenvalue weighted by molar-refractivity contribution is 9.10. The van der Waals surface area contributed by atoms with Crippen LogP contribution in [-0.2, 0) is 0 Å². The van der Waals surface area contributed by atoms with Gasteiger partial charge < -0.3 is 9.47 Å². The van der Waals surface area contributed by atoms with Crippen LogP contribution in [0.2, 0.25) is 0 Å². The van der Waals surface area contributed by atoms with Gasteiger partial charge >= 0.3 is 0 Å². The lowest BCUT2D eigenvalue weighted by atomic mass is 10.2. The van der Waals surface area contributed by atoms with Gasteiger partial charge in [0.1, 0.15) is 0 Å². The Labute approximate surface area is 144 Å². The van der Waals surface area contributed by atoms with Crippen molar-refractivity contribution in [2.45, 2.75) is 13.3 Å². The van der Waals surface area contributed by atoms with Crippen molar-refractivity contribution < 1.29 is 14.3 Å². The zero-order chi connectivity index (χ0) is 16.7. The zero-order valence-electron chi connectivity index (χ0n) is 13.1. The van der Waals surface area contributed by atoms with Crippen LogP contribution < -0.4 is 20.3 Å². The van der Waals surface area contributed by atoms with Crippen LogP contribution in [0.4, 0.5) is 5.69 Å². The molecule has 5 nitrogen and oxygen atoms in total. The summed E-state index contributed by atoms with van der Waals surface area (Å²) in [4.78, 5) is 12.3. The van der Waals surface area contributed by atoms with E-state index in [1.54, 1.807) is 19.2 Å². The molecule has 2 N–H and O–H groups in total. The monoisotopic (exact) mass is 378 g/mol. The van der Waals surface area contributed by atoms with E-state index in [4.69, 9.17) is 9.47 Å². The average molecular weight is 379 g/mol. The van der Waals surface area contributed by atoms with Gasteiger partial charge in [0.2, 0.25) is 0 Å². The van der Waals surface area contributed by atoms with Gasteiger partial charge in [-0.3, -0.25) is 15.6 Å². The number of ether oxygens (including phenoxy) is 2. The molecule has 0 heterocycles. The fourth-order valence-corrected chi connectivity index (χ4v) is 2.47. The molecule has 0 aliphatic carbocycles. The highest BCUT2D eigenvalue weighted by Crippen LogP contribution is 2.36. The van der Waals surface area contributed by atoms with Crippen molar-refractivity contribution in [3.63, 3.8) is 0 Å². The molecular weight excluding hydrogens is 360 g/mol. The van der Waals surface area contributed by atoms with E-state index in [2.05, 4.69) is 26.8 Å². The number of hydrogen-bond acceptors (Lipinski definition) is 4. The molecule has 0 fully saturated rings. The number of rotatable bonds is 7. The Morgan fingerprint density at radius 1 is 1.22 bits per heavy atom. The summed E-state index contributed by atoms with van der Waals surface area (Å²) in [6, 6.07) is 12.7. The number of halogens is 1. The van der Waals surface area contributed by atoms with E-state index >= 15 is 0 Å². The fourth-order valence-electron chi connectivity index (χ4n) is 1.92. The van der Waals surface area contributed by atoms with Crippen molar-refractivity contribution in [1.82, 2.24) is 5.43 Å². The molecule has 6 heteroatoms. The van der Waals surface area contributed by atoms with Gasteiger partial charge in [-0.25, -0.2) is 0 Å². The molecule has 0 aliphatic rings. The Balaban J connectivity index is 2.12. The molecule has 2 aromatic rings. The van der Waals surface area contributed by atoms with E-state index in [1.165, 1.54) is 0 Å². The third kappa shape index (κ3) is 4.63. The van der Waals surface area contributed by atoms with Gasteiger partial charge in [0.25, 0.3) is 5.91 Å². The van der Waals surface area contributed by atoms with Gasteiger partial charge in [0.05, 0.1) is 23.9 Å². The van der Waals surface area contributed by atoms with E-state index in [1.807, 2.05) is 37.3 Å². The van der Waals surface area contributed by atoms with E-state index in [0.29, 0.717) is 28.1 Å². The number of carbonyl (C=O) groups excluding carboxylic acids is 1. The first-order valence-electron chi connectivity index (χ1n) is 7.27. The average Bonchev–Trinajstić information content (AvgIpc) is 2.58. The quantitative estimate of drug-likeness (QED) is 0.714. The van der Waals surface area contributed by atoms with E-state index < -0.39 is 0 Å². The lowest BCUT2D eigenvalue weighted by molar-refractivity contribution is 0.0962. The smallest absolute Gasteiger partial charge is 0.269 e. The van der Waals surface area contributed by atoms with Crippen molar-refractivity contribution in [2.75, 3.05) is 19.1 Å². The molecule has 1 amide bonds. The molecule has 23 heavy (non-hydrogen) atoms. The minimum Gasteiger partial charge on any atom is -0.493 e. The molecule has 0 spiro atoms. The number of anilines is 1. The second-order valence-electron chi connectivity index (χ2n) is 4.78. The highest BCUT2D eigenvalue weighted by atomic mass is 79.9. The highest BCUT2D eigenvalue weighted by Gasteiger charge is 2.15. The summed E-state index contributed by atoms with van der Waals surface area (Å²) in [6.07, 6.45) is 0.888. The topological polar surface area (TPSA) is 59.6 Å². The SMILES string of the molecule is CCCOc1c(Br)cc(C(=O)NNc2ccccc2)cc1OC. The number of methoxy groups -OCH3 is 1. The van der Waals surface area contributed by atoms with Gasteiger partial charge in [-0.2, -0.15) is 0 Å². The number of carbonyl (C=O) groups is 1. The first kappa shape index (κ1) is 17.1. The summed E-state index contributed by atoms with van der Waals surface area (Å²) in [7, 11) is 1.55. The summed E-state index contributed by atoms with van der Waals surface area (Å²) in [6.45, 7) is 2.60. The van der Waals surface area contributed by atoms with Crippen LogP contribution in [0.25, 0.3) is 0 Å². The molecule has 0 saturated carbocycles. The number of nitrogens with one attached hydrogen (secondary N) is 2. The van der Waals surface area contributed by atoms with Crippen LogP contribution in [0.3, 0.4) is 0 Å². The van der Waals surface area contributed by atoms with Crippen LogP contribution in [0, 0.1) is 0 Å². The number of para-hydroxylation sites is 1. The predicted molar refractivity (Wildman–Crippen MR) is 94.0 cm³/mol. The summed E-state index contributed by atoms with van der Waals surface area (Å²) in [5.41, 5.74) is 6.77. The normalized spacial score (nSPS) is 10.0. The first-order chi connectivity index (χ1) is 11.2. The number of hydrazine groups is 1. The second kappa shape index (κ2) is 8.43. The Morgan fingerprint density at radius 3 is 2.61 bits per heavy atom. The Morgan fingerprint density at radius 2 is 1.96 bits per heavy atom. The number of benzene rings is 2. The van der Waals surface area contributed by atoms with Crippen LogP contribution >= 0.6 is 15.9 Å². The van der Waals surface area contributed by atoms with Crippen molar-refractivity contribution >= 4 is 27.5 Å². The predicted octanol–water partition coefficient (Wildman–Crippen LogP) is 4.00. The van der Waals surface area contributed by atoms with E-state index in [9.17, 15) is 4.79 Å². The largest absolute Gasteiger partial charge is 0.493 e. The maximum atomic E-state index is 12.3. The fraction of sp³-hybridized carbons (Fsp3) is 0.235. The molecule has 0 unspecified atom stereocenters. The van der Waals surface area contributed by atoms with Crippen LogP contribution in [-0.4, -0.2) is 19.6 Å². The molecule has 122 valence electrons. The van der Waals surface area contributed by atoms with Crippen molar-refractivity contribution in [1.29, 1.82) is 0 Å². The number of amides is 1. The standard InChI is InChI=1S/C17H19BrN2O3/c1-3-9-23-16-14(18)10-12(11-15(16)22-2)17(21)20-19-13-7-5-4-6-8-13/h4-8,10-11,19H,3,9H2,1-2H3,(H,20,21). The molecule has 0 aliphatic heterocycles. The maximum absolute atomic E-state index is 12.3. The summed E-state index contributed by atoms with van der Waals surface area (Å²) < 4.78 is 11.7. The molecule has 2 rings (SSSR count). The van der Waals surface area contributed by atoms with Crippen LogP contribution in [0.5, 0.6) is 11.5 Å². The third-order valence-corrected chi connectivity index (χ3v) is 3.63. The molecule has 0 atom stereocenters. The van der Waals surface area contributed by atoms with Gasteiger partial charge in [0.15, 0.2) is 11.5 Å². The van der Waals surface area contributed by atoms with Crippen LogP contribution in [0.15, 0.2) is 46.9 Å². The summed E-state index contributed by atoms with van der Waals surface area (Å²) in [5, 5.41) is 0. The second-order valence-corrected chi connectivity index (χ2v) is 5.64. The minimum absolute atomic E-state index is 0.269. The van der Waals surface area contributed by atoms with E-state index in [-0.39, 0.29) is 5.91 Å². The van der Waals surface area contributed by atoms with Crippen molar-refractivity contribution in [3.8, 4) is 11.5 Å². The molecular formula is C17H19BrN2O3. The summed E-state index contributed by atoms with van der Waals surface area (Å²) >= 11 is 3.43. The lowest BCUT2D eigenvalue weighted by Gasteiger charge is -2.14. The third-order valence-electron chi connectivity index (χ3n) is 3.04. The van der Waals surface area contributed by atoms with Gasteiger partial charge in [0, 0.05) is 5.56 Å². The molecule has 0 bridgehead atoms. The van der Waals surface area contributed by atoms with Gasteiger partial charge in [-0.1, -0.05) is 25.1 Å². The maximum Gasteiger partial charge on any atom is 0.269 e. The molecule has 0 radical (unpaired) electrons. The number of hydrogen-bond donors (Lipinski definition) is 2.